The minimum absolute atomic E-state index is 0.0238. The fourth-order valence-corrected chi connectivity index (χ4v) is 6.43. The normalized spacial score (nSPS) is 28.5. The Hall–Kier alpha value is -3.07. The quantitative estimate of drug-likeness (QED) is 0.655. The molecule has 2 unspecified atom stereocenters. The van der Waals surface area contributed by atoms with Crippen LogP contribution in [-0.4, -0.2) is 58.9 Å². The van der Waals surface area contributed by atoms with Crippen molar-refractivity contribution in [2.24, 2.45) is 11.3 Å². The van der Waals surface area contributed by atoms with E-state index >= 15 is 0 Å². The third-order valence-electron chi connectivity index (χ3n) is 8.27. The van der Waals surface area contributed by atoms with Gasteiger partial charge in [0.1, 0.15) is 22.8 Å². The first-order valence-electron chi connectivity index (χ1n) is 12.4. The molecule has 2 aromatic rings. The summed E-state index contributed by atoms with van der Waals surface area (Å²) in [6.45, 7) is 7.44. The Labute approximate surface area is 199 Å². The van der Waals surface area contributed by atoms with Gasteiger partial charge in [0.15, 0.2) is 0 Å². The summed E-state index contributed by atoms with van der Waals surface area (Å²) in [4.78, 5) is 44.5. The van der Waals surface area contributed by atoms with Crippen molar-refractivity contribution in [1.82, 2.24) is 20.3 Å². The summed E-state index contributed by atoms with van der Waals surface area (Å²) in [6, 6.07) is 4.08. The number of piperazine rings is 1. The summed E-state index contributed by atoms with van der Waals surface area (Å²) >= 11 is 0. The fraction of sp³-hybridized carbons (Fsp3) is 0.560. The second-order valence-electron chi connectivity index (χ2n) is 10.0. The summed E-state index contributed by atoms with van der Waals surface area (Å²) in [5, 5.41) is 6.57. The number of anilines is 4. The van der Waals surface area contributed by atoms with Crippen molar-refractivity contribution < 1.29 is 9.59 Å². The molecule has 1 amide bonds. The number of hydrogen-bond acceptors (Lipinski definition) is 8. The minimum Gasteiger partial charge on any atom is -0.368 e. The van der Waals surface area contributed by atoms with Crippen LogP contribution in [0.15, 0.2) is 24.5 Å². The Balaban J connectivity index is 1.30. The van der Waals surface area contributed by atoms with Crippen LogP contribution >= 0.6 is 0 Å². The molecule has 3 fully saturated rings. The molecule has 2 saturated carbocycles. The van der Waals surface area contributed by atoms with Crippen LogP contribution in [0.3, 0.4) is 0 Å². The van der Waals surface area contributed by atoms with Gasteiger partial charge in [-0.15, -0.1) is 0 Å². The maximum atomic E-state index is 13.8. The second-order valence-corrected chi connectivity index (χ2v) is 10.0. The Kier molecular flexibility index (Phi) is 5.05. The standard InChI is InChI=1S/C25H31N7O2/c1-15-21-19-14-28-24(29-20-8-7-18(13-27-20)31-11-9-26-10-12-31)30-22(19)32(17-5-3-4-6-17)23(34)25(15,21)16(2)33/h7-8,13-15,17,21,26H,3-6,9-12H2,1-2H3,(H,27,28,29,30)/t15?,21?,25-/m0/s1. The number of nitrogens with one attached hydrogen (secondary N) is 2. The Bertz CT molecular complexity index is 1120. The van der Waals surface area contributed by atoms with Crippen LogP contribution in [0.1, 0.15) is 51.0 Å². The van der Waals surface area contributed by atoms with Gasteiger partial charge in [0, 0.05) is 49.9 Å². The van der Waals surface area contributed by atoms with E-state index in [2.05, 4.69) is 31.6 Å². The largest absolute Gasteiger partial charge is 0.368 e. The summed E-state index contributed by atoms with van der Waals surface area (Å²) in [5.74, 6) is 1.48. The van der Waals surface area contributed by atoms with Gasteiger partial charge in [0.25, 0.3) is 0 Å². The van der Waals surface area contributed by atoms with E-state index in [4.69, 9.17) is 4.98 Å². The predicted molar refractivity (Wildman–Crippen MR) is 129 cm³/mol. The maximum absolute atomic E-state index is 13.8. The van der Waals surface area contributed by atoms with Crippen LogP contribution in [0.25, 0.3) is 0 Å². The summed E-state index contributed by atoms with van der Waals surface area (Å²) in [5.41, 5.74) is 1.08. The van der Waals surface area contributed by atoms with Gasteiger partial charge >= 0.3 is 0 Å². The van der Waals surface area contributed by atoms with Gasteiger partial charge in [-0.2, -0.15) is 4.98 Å². The molecule has 9 heteroatoms. The number of fused-ring (bicyclic) bond motifs is 3. The molecule has 2 aliphatic carbocycles. The molecular weight excluding hydrogens is 430 g/mol. The molecule has 4 heterocycles. The van der Waals surface area contributed by atoms with Crippen LogP contribution in [-0.2, 0) is 9.59 Å². The number of pyridine rings is 1. The number of ketones is 1. The van der Waals surface area contributed by atoms with Crippen molar-refractivity contribution in [3.05, 3.63) is 30.1 Å². The van der Waals surface area contributed by atoms with Crippen molar-refractivity contribution in [2.45, 2.75) is 51.5 Å². The van der Waals surface area contributed by atoms with Crippen LogP contribution in [0.2, 0.25) is 0 Å². The first-order chi connectivity index (χ1) is 16.5. The molecule has 0 spiro atoms. The van der Waals surface area contributed by atoms with Crippen molar-refractivity contribution in [3.63, 3.8) is 0 Å². The number of aromatic nitrogens is 3. The van der Waals surface area contributed by atoms with E-state index in [1.165, 1.54) is 0 Å². The topological polar surface area (TPSA) is 103 Å². The first-order valence-corrected chi connectivity index (χ1v) is 12.4. The average Bonchev–Trinajstić information content (AvgIpc) is 3.18. The fourth-order valence-electron chi connectivity index (χ4n) is 6.43. The van der Waals surface area contributed by atoms with Gasteiger partial charge in [-0.05, 0) is 37.8 Å². The highest BCUT2D eigenvalue weighted by Crippen LogP contribution is 2.70. The summed E-state index contributed by atoms with van der Waals surface area (Å²) in [6.07, 6.45) is 7.75. The van der Waals surface area contributed by atoms with Gasteiger partial charge < -0.3 is 15.5 Å². The van der Waals surface area contributed by atoms with E-state index < -0.39 is 5.41 Å². The number of hydrogen-bond donors (Lipinski definition) is 2. The van der Waals surface area contributed by atoms with Crippen LogP contribution < -0.4 is 20.4 Å². The molecule has 2 aliphatic heterocycles. The van der Waals surface area contributed by atoms with Crippen molar-refractivity contribution in [3.8, 4) is 0 Å². The highest BCUT2D eigenvalue weighted by molar-refractivity contribution is 6.18. The third-order valence-corrected chi connectivity index (χ3v) is 8.27. The van der Waals surface area contributed by atoms with E-state index in [1.54, 1.807) is 13.1 Å². The number of carbonyl (C=O) groups is 2. The lowest BCUT2D eigenvalue weighted by Crippen LogP contribution is -2.49. The highest BCUT2D eigenvalue weighted by atomic mass is 16.2. The van der Waals surface area contributed by atoms with Crippen LogP contribution in [0, 0.1) is 11.3 Å². The van der Waals surface area contributed by atoms with Crippen molar-refractivity contribution in [1.29, 1.82) is 0 Å². The van der Waals surface area contributed by atoms with Gasteiger partial charge in [-0.25, -0.2) is 9.97 Å². The molecule has 34 heavy (non-hydrogen) atoms. The second kappa shape index (κ2) is 8.01. The predicted octanol–water partition coefficient (Wildman–Crippen LogP) is 2.62. The molecular formula is C25H31N7O2. The van der Waals surface area contributed by atoms with E-state index in [1.807, 2.05) is 24.1 Å². The number of amides is 1. The number of nitrogens with zero attached hydrogens (tertiary/aromatic N) is 5. The zero-order valence-corrected chi connectivity index (χ0v) is 19.8. The molecule has 2 aromatic heterocycles. The van der Waals surface area contributed by atoms with Gasteiger partial charge in [0.05, 0.1) is 11.9 Å². The first kappa shape index (κ1) is 21.5. The van der Waals surface area contributed by atoms with Gasteiger partial charge in [-0.3, -0.25) is 14.5 Å². The summed E-state index contributed by atoms with van der Waals surface area (Å²) in [7, 11) is 0. The Morgan fingerprint density at radius 3 is 2.59 bits per heavy atom. The smallest absolute Gasteiger partial charge is 0.243 e. The molecule has 0 radical (unpaired) electrons. The SMILES string of the molecule is CC(=O)[C@]12C(=O)N(C3CCCC3)c3nc(Nc4ccc(N5CCNCC5)cn4)ncc3C1C2C. The monoisotopic (exact) mass is 461 g/mol. The van der Waals surface area contributed by atoms with Crippen molar-refractivity contribution >= 4 is 35.0 Å². The number of Topliss-reactive ketones (excluding diaryl/α,β-unsaturated/α-hetero) is 1. The molecule has 1 saturated heterocycles. The lowest BCUT2D eigenvalue weighted by molar-refractivity contribution is -0.134. The van der Waals surface area contributed by atoms with Crippen LogP contribution in [0.4, 0.5) is 23.3 Å². The Morgan fingerprint density at radius 2 is 1.91 bits per heavy atom. The Morgan fingerprint density at radius 1 is 1.15 bits per heavy atom. The van der Waals surface area contributed by atoms with E-state index in [0.29, 0.717) is 17.6 Å². The lowest BCUT2D eigenvalue weighted by atomic mass is 9.89. The lowest BCUT2D eigenvalue weighted by Gasteiger charge is -2.36. The molecule has 3 atom stereocenters. The number of carbonyl (C=O) groups excluding carboxylic acids is 2. The van der Waals surface area contributed by atoms with E-state index in [-0.39, 0.29) is 29.6 Å². The molecule has 178 valence electrons. The third kappa shape index (κ3) is 3.13. The van der Waals surface area contributed by atoms with Gasteiger partial charge in [-0.1, -0.05) is 19.8 Å². The molecule has 2 N–H and O–H groups in total. The number of rotatable bonds is 5. The highest BCUT2D eigenvalue weighted by Gasteiger charge is 2.75. The maximum Gasteiger partial charge on any atom is 0.243 e. The van der Waals surface area contributed by atoms with E-state index in [0.717, 1.165) is 63.1 Å². The zero-order valence-electron chi connectivity index (χ0n) is 19.8. The molecule has 4 aliphatic rings. The van der Waals surface area contributed by atoms with E-state index in [9.17, 15) is 9.59 Å². The van der Waals surface area contributed by atoms with Crippen LogP contribution in [0.5, 0.6) is 0 Å². The van der Waals surface area contributed by atoms with Crippen molar-refractivity contribution in [2.75, 3.05) is 41.3 Å². The molecule has 9 nitrogen and oxygen atoms in total. The molecule has 6 rings (SSSR count). The molecule has 0 aromatic carbocycles. The molecule has 0 bridgehead atoms. The van der Waals surface area contributed by atoms with Gasteiger partial charge in [0.2, 0.25) is 11.9 Å². The average molecular weight is 462 g/mol. The summed E-state index contributed by atoms with van der Waals surface area (Å²) < 4.78 is 0. The minimum atomic E-state index is -0.935. The zero-order chi connectivity index (χ0) is 23.4.